The standard InChI is InChI=1S/C14H13N5O2S2/c20-10(18-14-19-15-6-22-14)5-4-9-16-12(21)11-7-2-1-3-8(7)23-13(11)17-9/h6H,1-5H2,(H,16,17,21)(H,18,19,20). The topological polar surface area (TPSA) is 101 Å². The Morgan fingerprint density at radius 1 is 1.39 bits per heavy atom. The number of aryl methyl sites for hydroxylation is 3. The van der Waals surface area contributed by atoms with Crippen molar-refractivity contribution in [1.29, 1.82) is 0 Å². The summed E-state index contributed by atoms with van der Waals surface area (Å²) < 4.78 is 0. The van der Waals surface area contributed by atoms with Gasteiger partial charge in [-0.3, -0.25) is 9.59 Å². The monoisotopic (exact) mass is 347 g/mol. The Balaban J connectivity index is 1.51. The van der Waals surface area contributed by atoms with Crippen molar-refractivity contribution in [2.45, 2.75) is 32.1 Å². The lowest BCUT2D eigenvalue weighted by atomic mass is 10.2. The molecule has 0 saturated carbocycles. The quantitative estimate of drug-likeness (QED) is 0.751. The van der Waals surface area contributed by atoms with Crippen LogP contribution in [0.1, 0.15) is 29.1 Å². The van der Waals surface area contributed by atoms with Crippen molar-refractivity contribution in [3.8, 4) is 0 Å². The molecule has 1 aliphatic rings. The molecule has 2 N–H and O–H groups in total. The third-order valence-electron chi connectivity index (χ3n) is 3.82. The zero-order valence-electron chi connectivity index (χ0n) is 12.1. The van der Waals surface area contributed by atoms with E-state index in [4.69, 9.17) is 0 Å². The molecule has 0 bridgehead atoms. The first-order chi connectivity index (χ1) is 11.2. The van der Waals surface area contributed by atoms with Crippen molar-refractivity contribution in [2.75, 3.05) is 5.32 Å². The fraction of sp³-hybridized carbons (Fsp3) is 0.357. The molecular formula is C14H13N5O2S2. The molecule has 0 saturated heterocycles. The first-order valence-corrected chi connectivity index (χ1v) is 9.00. The molecule has 7 nitrogen and oxygen atoms in total. The summed E-state index contributed by atoms with van der Waals surface area (Å²) in [5.74, 6) is 0.382. The SMILES string of the molecule is O=C(CCc1nc2sc3c(c2c(=O)[nH]1)CCC3)Nc1nncs1. The van der Waals surface area contributed by atoms with Crippen molar-refractivity contribution < 1.29 is 4.79 Å². The number of aromatic amines is 1. The summed E-state index contributed by atoms with van der Waals surface area (Å²) in [6.07, 6.45) is 3.74. The van der Waals surface area contributed by atoms with Crippen molar-refractivity contribution in [1.82, 2.24) is 20.2 Å². The largest absolute Gasteiger partial charge is 0.310 e. The summed E-state index contributed by atoms with van der Waals surface area (Å²) in [6, 6.07) is 0. The first-order valence-electron chi connectivity index (χ1n) is 7.30. The number of nitrogens with one attached hydrogen (secondary N) is 2. The van der Waals surface area contributed by atoms with E-state index in [1.165, 1.54) is 21.8 Å². The zero-order valence-corrected chi connectivity index (χ0v) is 13.7. The van der Waals surface area contributed by atoms with Crippen LogP contribution >= 0.6 is 22.7 Å². The highest BCUT2D eigenvalue weighted by Crippen LogP contribution is 2.34. The number of aromatic nitrogens is 4. The number of hydrogen-bond acceptors (Lipinski definition) is 7. The maximum absolute atomic E-state index is 12.3. The van der Waals surface area contributed by atoms with E-state index in [0.717, 1.165) is 29.5 Å². The number of H-pyrrole nitrogens is 1. The normalized spacial score (nSPS) is 13.4. The van der Waals surface area contributed by atoms with Gasteiger partial charge in [0.25, 0.3) is 5.56 Å². The fourth-order valence-corrected chi connectivity index (χ4v) is 4.55. The number of carbonyl (C=O) groups excluding carboxylic acids is 1. The molecule has 0 fully saturated rings. The number of thiophene rings is 1. The molecule has 9 heteroatoms. The van der Waals surface area contributed by atoms with Crippen molar-refractivity contribution >= 4 is 43.9 Å². The summed E-state index contributed by atoms with van der Waals surface area (Å²) >= 11 is 2.87. The van der Waals surface area contributed by atoms with Gasteiger partial charge in [0.05, 0.1) is 5.39 Å². The minimum Gasteiger partial charge on any atom is -0.310 e. The minimum absolute atomic E-state index is 0.0890. The van der Waals surface area contributed by atoms with Crippen molar-refractivity contribution in [3.05, 3.63) is 32.1 Å². The molecule has 0 aliphatic heterocycles. The van der Waals surface area contributed by atoms with E-state index < -0.39 is 0 Å². The lowest BCUT2D eigenvalue weighted by molar-refractivity contribution is -0.116. The first kappa shape index (κ1) is 14.5. The Hall–Kier alpha value is -2.13. The highest BCUT2D eigenvalue weighted by Gasteiger charge is 2.21. The summed E-state index contributed by atoms with van der Waals surface area (Å²) in [6.45, 7) is 0. The Labute approximate surface area is 138 Å². The Kier molecular flexibility index (Phi) is 3.66. The van der Waals surface area contributed by atoms with E-state index in [-0.39, 0.29) is 17.9 Å². The van der Waals surface area contributed by atoms with Crippen LogP contribution < -0.4 is 10.9 Å². The predicted octanol–water partition coefficient (Wildman–Crippen LogP) is 1.90. The van der Waals surface area contributed by atoms with E-state index in [1.807, 2.05) is 0 Å². The molecular weight excluding hydrogens is 334 g/mol. The zero-order chi connectivity index (χ0) is 15.8. The maximum Gasteiger partial charge on any atom is 0.259 e. The molecule has 1 aliphatic carbocycles. The second-order valence-corrected chi connectivity index (χ2v) is 7.26. The average Bonchev–Trinajstić information content (AvgIpc) is 3.21. The molecule has 3 heterocycles. The van der Waals surface area contributed by atoms with Gasteiger partial charge in [-0.05, 0) is 24.8 Å². The van der Waals surface area contributed by atoms with Gasteiger partial charge in [0.1, 0.15) is 16.2 Å². The smallest absolute Gasteiger partial charge is 0.259 e. The van der Waals surface area contributed by atoms with Crippen LogP contribution in [0.3, 0.4) is 0 Å². The molecule has 0 aromatic carbocycles. The average molecular weight is 347 g/mol. The number of rotatable bonds is 4. The molecule has 0 unspecified atom stereocenters. The van der Waals surface area contributed by atoms with Gasteiger partial charge in [-0.1, -0.05) is 11.3 Å². The number of fused-ring (bicyclic) bond motifs is 3. The van der Waals surface area contributed by atoms with Gasteiger partial charge in [-0.25, -0.2) is 4.98 Å². The van der Waals surface area contributed by atoms with Crippen molar-refractivity contribution in [3.63, 3.8) is 0 Å². The minimum atomic E-state index is -0.168. The van der Waals surface area contributed by atoms with Crippen LogP contribution in [0.15, 0.2) is 10.3 Å². The Morgan fingerprint density at radius 2 is 2.30 bits per heavy atom. The number of anilines is 1. The third-order valence-corrected chi connectivity index (χ3v) is 5.61. The fourth-order valence-electron chi connectivity index (χ4n) is 2.81. The predicted molar refractivity (Wildman–Crippen MR) is 89.1 cm³/mol. The van der Waals surface area contributed by atoms with Crippen LogP contribution in [0.4, 0.5) is 5.13 Å². The van der Waals surface area contributed by atoms with Crippen molar-refractivity contribution in [2.24, 2.45) is 0 Å². The second-order valence-electron chi connectivity index (χ2n) is 5.34. The maximum atomic E-state index is 12.3. The molecule has 4 rings (SSSR count). The molecule has 0 atom stereocenters. The van der Waals surface area contributed by atoms with Gasteiger partial charge < -0.3 is 10.3 Å². The summed E-state index contributed by atoms with van der Waals surface area (Å²) in [5.41, 5.74) is 2.63. The van der Waals surface area contributed by atoms with Gasteiger partial charge in [0.2, 0.25) is 11.0 Å². The second kappa shape index (κ2) is 5.82. The highest BCUT2D eigenvalue weighted by atomic mass is 32.1. The molecule has 3 aromatic heterocycles. The summed E-state index contributed by atoms with van der Waals surface area (Å²) in [4.78, 5) is 33.6. The van der Waals surface area contributed by atoms with Crippen LogP contribution in [0, 0.1) is 0 Å². The van der Waals surface area contributed by atoms with E-state index in [2.05, 4.69) is 25.5 Å². The summed E-state index contributed by atoms with van der Waals surface area (Å²) in [7, 11) is 0. The van der Waals surface area contributed by atoms with Crippen LogP contribution in [0.5, 0.6) is 0 Å². The van der Waals surface area contributed by atoms with Gasteiger partial charge >= 0.3 is 0 Å². The Bertz CT molecular complexity index is 929. The molecule has 1 amide bonds. The molecule has 0 spiro atoms. The van der Waals surface area contributed by atoms with Crippen LogP contribution in [-0.4, -0.2) is 26.1 Å². The van der Waals surface area contributed by atoms with Gasteiger partial charge in [-0.15, -0.1) is 21.5 Å². The number of amides is 1. The van der Waals surface area contributed by atoms with Gasteiger partial charge in [0, 0.05) is 17.7 Å². The van der Waals surface area contributed by atoms with Gasteiger partial charge in [0.15, 0.2) is 0 Å². The Morgan fingerprint density at radius 3 is 3.13 bits per heavy atom. The van der Waals surface area contributed by atoms with E-state index >= 15 is 0 Å². The molecule has 3 aromatic rings. The molecule has 23 heavy (non-hydrogen) atoms. The number of nitrogens with zero attached hydrogens (tertiary/aromatic N) is 3. The lowest BCUT2D eigenvalue weighted by Crippen LogP contribution is -2.16. The molecule has 0 radical (unpaired) electrons. The van der Waals surface area contributed by atoms with E-state index in [0.29, 0.717) is 17.4 Å². The number of hydrogen-bond donors (Lipinski definition) is 2. The van der Waals surface area contributed by atoms with Gasteiger partial charge in [-0.2, -0.15) is 0 Å². The van der Waals surface area contributed by atoms with Crippen LogP contribution in [0.2, 0.25) is 0 Å². The molecule has 118 valence electrons. The van der Waals surface area contributed by atoms with E-state index in [1.54, 1.807) is 16.8 Å². The lowest BCUT2D eigenvalue weighted by Gasteiger charge is -2.02. The third kappa shape index (κ3) is 2.77. The van der Waals surface area contributed by atoms with Crippen LogP contribution in [0.25, 0.3) is 10.2 Å². The summed E-state index contributed by atoms with van der Waals surface area (Å²) in [5, 5.41) is 11.3. The van der Waals surface area contributed by atoms with Crippen LogP contribution in [-0.2, 0) is 24.1 Å². The number of carbonyl (C=O) groups is 1. The highest BCUT2D eigenvalue weighted by molar-refractivity contribution is 7.18. The van der Waals surface area contributed by atoms with E-state index in [9.17, 15) is 9.59 Å².